The zero-order valence-corrected chi connectivity index (χ0v) is 17.2. The minimum absolute atomic E-state index is 0.0732. The molecule has 0 aliphatic heterocycles. The molecule has 28 heavy (non-hydrogen) atoms. The van der Waals surface area contributed by atoms with Crippen LogP contribution >= 0.6 is 11.8 Å². The predicted octanol–water partition coefficient (Wildman–Crippen LogP) is 3.08. The highest BCUT2D eigenvalue weighted by Gasteiger charge is 2.19. The quantitative estimate of drug-likeness (QED) is 0.617. The summed E-state index contributed by atoms with van der Waals surface area (Å²) in [5.41, 5.74) is 4.16. The van der Waals surface area contributed by atoms with Crippen LogP contribution in [0.1, 0.15) is 23.6 Å². The third kappa shape index (κ3) is 4.69. The van der Waals surface area contributed by atoms with E-state index in [9.17, 15) is 4.79 Å². The van der Waals surface area contributed by atoms with Crippen molar-refractivity contribution in [2.45, 2.75) is 37.7 Å². The number of ether oxygens (including phenoxy) is 1. The van der Waals surface area contributed by atoms with Crippen molar-refractivity contribution < 1.29 is 9.53 Å². The van der Waals surface area contributed by atoms with Crippen molar-refractivity contribution in [1.29, 1.82) is 0 Å². The first kappa shape index (κ1) is 19.9. The highest BCUT2D eigenvalue weighted by atomic mass is 32.2. The second-order valence-electron chi connectivity index (χ2n) is 6.49. The molecule has 0 saturated carbocycles. The molecule has 1 aromatic heterocycles. The van der Waals surface area contributed by atoms with Crippen LogP contribution in [0, 0.1) is 13.8 Å². The number of amides is 1. The van der Waals surface area contributed by atoms with E-state index >= 15 is 0 Å². The smallest absolute Gasteiger partial charge is 0.233 e. The highest BCUT2D eigenvalue weighted by molar-refractivity contribution is 8.00. The number of carbonyl (C=O) groups is 1. The zero-order chi connectivity index (χ0) is 20.1. The molecular weight excluding hydrogens is 374 g/mol. The lowest BCUT2D eigenvalue weighted by Gasteiger charge is -2.13. The topological polar surface area (TPSA) is 81.9 Å². The summed E-state index contributed by atoms with van der Waals surface area (Å²) in [6, 6.07) is 13.7. The molecule has 2 aromatic carbocycles. The number of nitrogens with one attached hydrogen (secondary N) is 1. The minimum atomic E-state index is -0.339. The standard InChI is InChI=1S/C20H23N5O2S/c1-13-5-10-18(14(2)11-13)25-20(22-23-24-25)28-15(3)19(26)21-12-16-6-8-17(27-4)9-7-16/h5-11,15H,12H2,1-4H3,(H,21,26)/t15-/m0/s1. The summed E-state index contributed by atoms with van der Waals surface area (Å²) in [6.07, 6.45) is 0. The average molecular weight is 398 g/mol. The summed E-state index contributed by atoms with van der Waals surface area (Å²) in [5.74, 6) is 0.716. The number of aryl methyl sites for hydroxylation is 2. The number of benzene rings is 2. The summed E-state index contributed by atoms with van der Waals surface area (Å²) >= 11 is 1.33. The molecule has 3 rings (SSSR count). The molecule has 0 fully saturated rings. The molecule has 8 heteroatoms. The van der Waals surface area contributed by atoms with E-state index in [2.05, 4.69) is 26.9 Å². The fourth-order valence-electron chi connectivity index (χ4n) is 2.73. The van der Waals surface area contributed by atoms with Crippen molar-refractivity contribution in [3.05, 3.63) is 59.2 Å². The molecule has 0 bridgehead atoms. The van der Waals surface area contributed by atoms with Crippen LogP contribution in [0.3, 0.4) is 0 Å². The van der Waals surface area contributed by atoms with Crippen LogP contribution in [0.25, 0.3) is 5.69 Å². The Morgan fingerprint density at radius 1 is 1.21 bits per heavy atom. The van der Waals surface area contributed by atoms with Crippen molar-refractivity contribution >= 4 is 17.7 Å². The second kappa shape index (κ2) is 8.88. The summed E-state index contributed by atoms with van der Waals surface area (Å²) in [5, 5.41) is 15.2. The number of rotatable bonds is 7. The Hall–Kier alpha value is -2.87. The highest BCUT2D eigenvalue weighted by Crippen LogP contribution is 2.25. The maximum absolute atomic E-state index is 12.5. The van der Waals surface area contributed by atoms with Gasteiger partial charge in [-0.1, -0.05) is 41.6 Å². The number of aromatic nitrogens is 4. The average Bonchev–Trinajstić information content (AvgIpc) is 3.14. The van der Waals surface area contributed by atoms with Crippen molar-refractivity contribution in [3.63, 3.8) is 0 Å². The van der Waals surface area contributed by atoms with Gasteiger partial charge in [0, 0.05) is 6.54 Å². The van der Waals surface area contributed by atoms with Crippen LogP contribution in [0.4, 0.5) is 0 Å². The predicted molar refractivity (Wildman–Crippen MR) is 109 cm³/mol. The number of hydrogen-bond donors (Lipinski definition) is 1. The van der Waals surface area contributed by atoms with Gasteiger partial charge in [0.15, 0.2) is 0 Å². The van der Waals surface area contributed by atoms with Gasteiger partial charge in [-0.2, -0.15) is 4.68 Å². The third-order valence-corrected chi connectivity index (χ3v) is 5.33. The van der Waals surface area contributed by atoms with E-state index in [1.165, 1.54) is 17.3 Å². The van der Waals surface area contributed by atoms with E-state index < -0.39 is 0 Å². The van der Waals surface area contributed by atoms with Crippen LogP contribution in [0.5, 0.6) is 5.75 Å². The molecule has 0 aliphatic rings. The lowest BCUT2D eigenvalue weighted by Crippen LogP contribution is -2.30. The zero-order valence-electron chi connectivity index (χ0n) is 16.3. The van der Waals surface area contributed by atoms with Crippen molar-refractivity contribution in [1.82, 2.24) is 25.5 Å². The van der Waals surface area contributed by atoms with Gasteiger partial charge in [0.25, 0.3) is 0 Å². The molecule has 0 spiro atoms. The first-order valence-electron chi connectivity index (χ1n) is 8.91. The first-order chi connectivity index (χ1) is 13.5. The largest absolute Gasteiger partial charge is 0.497 e. The van der Waals surface area contributed by atoms with Gasteiger partial charge < -0.3 is 10.1 Å². The van der Waals surface area contributed by atoms with Gasteiger partial charge in [-0.25, -0.2) is 0 Å². The molecule has 146 valence electrons. The molecule has 0 radical (unpaired) electrons. The molecule has 7 nitrogen and oxygen atoms in total. The third-order valence-electron chi connectivity index (χ3n) is 4.30. The molecule has 0 saturated heterocycles. The van der Waals surface area contributed by atoms with E-state index in [4.69, 9.17) is 4.74 Å². The van der Waals surface area contributed by atoms with Gasteiger partial charge >= 0.3 is 0 Å². The fourth-order valence-corrected chi connectivity index (χ4v) is 3.56. The lowest BCUT2D eigenvalue weighted by molar-refractivity contribution is -0.120. The molecular formula is C20H23N5O2S. The SMILES string of the molecule is COc1ccc(CNC(=O)[C@H](C)Sc2nnnn2-c2ccc(C)cc2C)cc1. The Morgan fingerprint density at radius 3 is 2.64 bits per heavy atom. The van der Waals surface area contributed by atoms with Gasteiger partial charge in [0.1, 0.15) is 5.75 Å². The number of methoxy groups -OCH3 is 1. The van der Waals surface area contributed by atoms with E-state index in [1.807, 2.05) is 57.2 Å². The number of hydrogen-bond acceptors (Lipinski definition) is 6. The Balaban J connectivity index is 1.63. The monoisotopic (exact) mass is 397 g/mol. The van der Waals surface area contributed by atoms with Crippen LogP contribution < -0.4 is 10.1 Å². The van der Waals surface area contributed by atoms with E-state index in [0.29, 0.717) is 11.7 Å². The van der Waals surface area contributed by atoms with E-state index in [-0.39, 0.29) is 11.2 Å². The summed E-state index contributed by atoms with van der Waals surface area (Å²) < 4.78 is 6.82. The Morgan fingerprint density at radius 2 is 1.96 bits per heavy atom. The molecule has 3 aromatic rings. The van der Waals surface area contributed by atoms with Crippen LogP contribution in [-0.2, 0) is 11.3 Å². The van der Waals surface area contributed by atoms with Crippen LogP contribution in [-0.4, -0.2) is 38.5 Å². The second-order valence-corrected chi connectivity index (χ2v) is 7.80. The fraction of sp³-hybridized carbons (Fsp3) is 0.300. The Bertz CT molecular complexity index is 955. The number of thioether (sulfide) groups is 1. The summed E-state index contributed by atoms with van der Waals surface area (Å²) in [7, 11) is 1.63. The summed E-state index contributed by atoms with van der Waals surface area (Å²) in [6.45, 7) is 6.36. The lowest BCUT2D eigenvalue weighted by atomic mass is 10.1. The van der Waals surface area contributed by atoms with Crippen LogP contribution in [0.2, 0.25) is 0 Å². The first-order valence-corrected chi connectivity index (χ1v) is 9.79. The summed E-state index contributed by atoms with van der Waals surface area (Å²) in [4.78, 5) is 12.5. The van der Waals surface area contributed by atoms with Gasteiger partial charge in [-0.3, -0.25) is 4.79 Å². The van der Waals surface area contributed by atoms with E-state index in [1.54, 1.807) is 11.8 Å². The van der Waals surface area contributed by atoms with Gasteiger partial charge in [0.2, 0.25) is 11.1 Å². The van der Waals surface area contributed by atoms with Gasteiger partial charge in [-0.05, 0) is 60.5 Å². The van der Waals surface area contributed by atoms with Crippen molar-refractivity contribution in [2.24, 2.45) is 0 Å². The maximum Gasteiger partial charge on any atom is 0.233 e. The Kier molecular flexibility index (Phi) is 6.30. The van der Waals surface area contributed by atoms with Gasteiger partial charge in [0.05, 0.1) is 18.0 Å². The Labute approximate surface area is 168 Å². The van der Waals surface area contributed by atoms with Crippen LogP contribution in [0.15, 0.2) is 47.6 Å². The molecule has 1 atom stereocenters. The normalized spacial score (nSPS) is 11.9. The number of tetrazole rings is 1. The van der Waals surface area contributed by atoms with Crippen molar-refractivity contribution in [2.75, 3.05) is 7.11 Å². The van der Waals surface area contributed by atoms with E-state index in [0.717, 1.165) is 22.6 Å². The van der Waals surface area contributed by atoms with Crippen molar-refractivity contribution in [3.8, 4) is 11.4 Å². The minimum Gasteiger partial charge on any atom is -0.497 e. The molecule has 1 amide bonds. The molecule has 1 heterocycles. The van der Waals surface area contributed by atoms with Gasteiger partial charge in [-0.15, -0.1) is 5.10 Å². The molecule has 0 unspecified atom stereocenters. The molecule has 1 N–H and O–H groups in total. The number of nitrogens with zero attached hydrogens (tertiary/aromatic N) is 4. The number of carbonyl (C=O) groups excluding carboxylic acids is 1. The molecule has 0 aliphatic carbocycles. The maximum atomic E-state index is 12.5.